The van der Waals surface area contributed by atoms with Crippen LogP contribution in [0.3, 0.4) is 0 Å². The fraction of sp³-hybridized carbons (Fsp3) is 0.517. The van der Waals surface area contributed by atoms with Crippen LogP contribution in [0, 0.1) is 0 Å². The van der Waals surface area contributed by atoms with Crippen molar-refractivity contribution in [2.24, 2.45) is 17.8 Å². The fourth-order valence-electron chi connectivity index (χ4n) is 5.14. The number of alkyl carbamates (subject to hydrolysis) is 1. The lowest BCUT2D eigenvalue weighted by molar-refractivity contribution is -0.119. The number of amidine groups is 1. The highest BCUT2D eigenvalue weighted by Crippen LogP contribution is 2.45. The average Bonchev–Trinajstić information content (AvgIpc) is 3.39. The van der Waals surface area contributed by atoms with Gasteiger partial charge in [-0.25, -0.2) is 9.59 Å². The maximum atomic E-state index is 13.3. The second-order valence-corrected chi connectivity index (χ2v) is 11.5. The number of rotatable bonds is 11. The second kappa shape index (κ2) is 12.9. The first kappa shape index (κ1) is 31.0. The van der Waals surface area contributed by atoms with E-state index in [4.69, 9.17) is 25.1 Å². The number of ether oxygens (including phenoxy) is 2. The zero-order chi connectivity index (χ0) is 30.6. The summed E-state index contributed by atoms with van der Waals surface area (Å²) in [6, 6.07) is 6.57. The van der Waals surface area contributed by atoms with Crippen molar-refractivity contribution in [2.75, 3.05) is 46.9 Å². The lowest BCUT2D eigenvalue weighted by Crippen LogP contribution is -2.40. The van der Waals surface area contributed by atoms with Crippen molar-refractivity contribution in [2.45, 2.75) is 45.1 Å². The molecule has 0 radical (unpaired) electrons. The Labute approximate surface area is 246 Å². The summed E-state index contributed by atoms with van der Waals surface area (Å²) in [5.74, 6) is 0.972. The average molecular weight is 583 g/mol. The van der Waals surface area contributed by atoms with Crippen molar-refractivity contribution in [1.29, 1.82) is 0 Å². The minimum absolute atomic E-state index is 0.167. The molecule has 2 aromatic rings. The van der Waals surface area contributed by atoms with Gasteiger partial charge in [-0.3, -0.25) is 19.8 Å². The van der Waals surface area contributed by atoms with E-state index in [0.29, 0.717) is 43.3 Å². The Morgan fingerprint density at radius 3 is 2.62 bits per heavy atom. The molecule has 2 atom stereocenters. The van der Waals surface area contributed by atoms with Gasteiger partial charge in [0.15, 0.2) is 0 Å². The van der Waals surface area contributed by atoms with Crippen molar-refractivity contribution >= 4 is 18.0 Å². The van der Waals surface area contributed by atoms with Gasteiger partial charge in [0.05, 0.1) is 31.4 Å². The van der Waals surface area contributed by atoms with Crippen LogP contribution in [-0.2, 0) is 23.2 Å². The molecule has 228 valence electrons. The molecule has 2 unspecified atom stereocenters. The molecule has 2 aliphatic heterocycles. The number of benzene rings is 1. The molecule has 1 aromatic carbocycles. The smallest absolute Gasteiger partial charge is 0.413 e. The fourth-order valence-corrected chi connectivity index (χ4v) is 5.14. The number of hydrogen-bond donors (Lipinski definition) is 2. The number of aromatic nitrogens is 2. The number of aryl methyl sites for hydroxylation is 1. The van der Waals surface area contributed by atoms with Crippen LogP contribution in [0.25, 0.3) is 0 Å². The number of amides is 3. The van der Waals surface area contributed by atoms with Crippen molar-refractivity contribution in [1.82, 2.24) is 30.0 Å². The summed E-state index contributed by atoms with van der Waals surface area (Å²) in [6.07, 6.45) is 1.02. The number of aliphatic imine (C=N–C) groups is 1. The number of carbonyl (C=O) groups excluding carboxylic acids is 2. The number of hydrogen-bond acceptors (Lipinski definition) is 9. The van der Waals surface area contributed by atoms with Gasteiger partial charge in [0.1, 0.15) is 35.5 Å². The molecule has 3 amide bonds. The van der Waals surface area contributed by atoms with E-state index in [0.717, 1.165) is 17.0 Å². The Morgan fingerprint density at radius 2 is 2.00 bits per heavy atom. The number of fused-ring (bicyclic) bond motifs is 4. The highest BCUT2D eigenvalue weighted by Gasteiger charge is 2.51. The topological polar surface area (TPSA) is 140 Å². The third-order valence-electron chi connectivity index (χ3n) is 6.71. The molecule has 1 saturated heterocycles. The number of carbonyl (C=O) groups is 2. The first-order chi connectivity index (χ1) is 19.9. The lowest BCUT2D eigenvalue weighted by Gasteiger charge is -2.33. The van der Waals surface area contributed by atoms with Gasteiger partial charge >= 0.3 is 12.1 Å². The predicted molar refractivity (Wildman–Crippen MR) is 158 cm³/mol. The SMILES string of the molecule is C=CCON1C(=O)N2CC1c1c(COc3ccc(C(=NCCN)NC(=O)OC(C)(C)C)cc3)nn(C)c1C2CN(C)C. The zero-order valence-corrected chi connectivity index (χ0v) is 25.3. The van der Waals surface area contributed by atoms with Gasteiger partial charge in [0.25, 0.3) is 0 Å². The molecule has 2 bridgehead atoms. The molecule has 0 spiro atoms. The largest absolute Gasteiger partial charge is 0.487 e. The van der Waals surface area contributed by atoms with E-state index in [-0.39, 0.29) is 31.3 Å². The minimum atomic E-state index is -0.642. The highest BCUT2D eigenvalue weighted by molar-refractivity contribution is 6.06. The van der Waals surface area contributed by atoms with E-state index < -0.39 is 11.7 Å². The number of hydroxylamine groups is 2. The van der Waals surface area contributed by atoms with E-state index in [1.165, 1.54) is 5.06 Å². The van der Waals surface area contributed by atoms with Crippen LogP contribution >= 0.6 is 0 Å². The molecule has 13 nitrogen and oxygen atoms in total. The number of nitrogens with zero attached hydrogens (tertiary/aromatic N) is 6. The van der Waals surface area contributed by atoms with Gasteiger partial charge < -0.3 is 25.0 Å². The number of likely N-dealkylation sites (N-methyl/N-ethyl adjacent to an activating group) is 1. The third kappa shape index (κ3) is 6.92. The van der Waals surface area contributed by atoms with Crippen LogP contribution in [0.15, 0.2) is 41.9 Å². The van der Waals surface area contributed by atoms with Crippen LogP contribution in [0.5, 0.6) is 5.75 Å². The Bertz CT molecular complexity index is 1310. The molecule has 0 saturated carbocycles. The van der Waals surface area contributed by atoms with Gasteiger partial charge in [-0.15, -0.1) is 6.58 Å². The summed E-state index contributed by atoms with van der Waals surface area (Å²) >= 11 is 0. The third-order valence-corrected chi connectivity index (χ3v) is 6.71. The first-order valence-electron chi connectivity index (χ1n) is 13.9. The van der Waals surface area contributed by atoms with E-state index in [1.807, 2.05) is 30.7 Å². The second-order valence-electron chi connectivity index (χ2n) is 11.5. The molecule has 3 heterocycles. The Hall–Kier alpha value is -3.94. The molecule has 0 aliphatic carbocycles. The predicted octanol–water partition coefficient (Wildman–Crippen LogP) is 2.74. The van der Waals surface area contributed by atoms with Crippen molar-refractivity contribution in [3.8, 4) is 5.75 Å². The highest BCUT2D eigenvalue weighted by atomic mass is 16.7. The first-order valence-corrected chi connectivity index (χ1v) is 13.9. The quantitative estimate of drug-likeness (QED) is 0.234. The van der Waals surface area contributed by atoms with Gasteiger partial charge in [0.2, 0.25) is 0 Å². The molecular weight excluding hydrogens is 540 g/mol. The maximum absolute atomic E-state index is 13.3. The number of urea groups is 1. The van der Waals surface area contributed by atoms with E-state index in [1.54, 1.807) is 51.1 Å². The minimum Gasteiger partial charge on any atom is -0.487 e. The monoisotopic (exact) mass is 582 g/mol. The van der Waals surface area contributed by atoms with Crippen LogP contribution in [0.2, 0.25) is 0 Å². The summed E-state index contributed by atoms with van der Waals surface area (Å²) < 4.78 is 13.4. The van der Waals surface area contributed by atoms with Crippen LogP contribution in [0.4, 0.5) is 9.59 Å². The summed E-state index contributed by atoms with van der Waals surface area (Å²) in [5.41, 5.74) is 8.34. The van der Waals surface area contributed by atoms with Crippen LogP contribution in [-0.4, -0.2) is 95.1 Å². The van der Waals surface area contributed by atoms with Gasteiger partial charge in [-0.2, -0.15) is 10.2 Å². The summed E-state index contributed by atoms with van der Waals surface area (Å²) in [6.45, 7) is 11.4. The number of nitrogens with two attached hydrogens (primary N) is 1. The molecule has 2 aliphatic rings. The van der Waals surface area contributed by atoms with Crippen molar-refractivity contribution in [3.05, 3.63) is 59.4 Å². The van der Waals surface area contributed by atoms with E-state index in [9.17, 15) is 9.59 Å². The Morgan fingerprint density at radius 1 is 1.29 bits per heavy atom. The summed E-state index contributed by atoms with van der Waals surface area (Å²) in [7, 11) is 5.86. The number of nitrogens with one attached hydrogen (secondary N) is 1. The normalized spacial score (nSPS) is 18.4. The molecule has 1 aromatic heterocycles. The molecule has 42 heavy (non-hydrogen) atoms. The maximum Gasteiger partial charge on any atom is 0.413 e. The van der Waals surface area contributed by atoms with Gasteiger partial charge in [-0.1, -0.05) is 6.08 Å². The molecule has 1 fully saturated rings. The van der Waals surface area contributed by atoms with Crippen LogP contribution in [0.1, 0.15) is 55.4 Å². The van der Waals surface area contributed by atoms with Crippen molar-refractivity contribution in [3.63, 3.8) is 0 Å². The van der Waals surface area contributed by atoms with Gasteiger partial charge in [0, 0.05) is 31.3 Å². The lowest BCUT2D eigenvalue weighted by atomic mass is 9.95. The summed E-state index contributed by atoms with van der Waals surface area (Å²) in [5, 5.41) is 8.96. The van der Waals surface area contributed by atoms with Crippen LogP contribution < -0.4 is 15.8 Å². The van der Waals surface area contributed by atoms with Gasteiger partial charge in [-0.05, 0) is 59.1 Å². The molecular formula is C29H42N8O5. The van der Waals surface area contributed by atoms with E-state index >= 15 is 0 Å². The van der Waals surface area contributed by atoms with Crippen molar-refractivity contribution < 1.29 is 23.9 Å². The molecule has 4 rings (SSSR count). The summed E-state index contributed by atoms with van der Waals surface area (Å²) in [4.78, 5) is 39.8. The Balaban J connectivity index is 1.54. The standard InChI is InChI=1S/C29H42N8O5/c1-8-15-41-37-22-17-36(28(37)39)23(16-34(5)6)25-24(22)21(33-35(25)7)18-40-20-11-9-19(10-12-20)26(31-14-13-30)32-27(38)42-29(2,3)4/h8-12,22-23H,1,13-18,30H2,2-7H3,(H,31,32,38). The Kier molecular flexibility index (Phi) is 9.54. The van der Waals surface area contributed by atoms with E-state index in [2.05, 4.69) is 21.8 Å². The molecule has 3 N–H and O–H groups in total. The molecule has 13 heteroatoms. The zero-order valence-electron chi connectivity index (χ0n) is 25.3.